The zero-order valence-electron chi connectivity index (χ0n) is 25.9. The molecule has 1 fully saturated rings. The molecule has 1 aromatic carbocycles. The third-order valence-electron chi connectivity index (χ3n) is 6.71. The van der Waals surface area contributed by atoms with E-state index in [1.807, 2.05) is 30.3 Å². The van der Waals surface area contributed by atoms with E-state index in [2.05, 4.69) is 0 Å². The summed E-state index contributed by atoms with van der Waals surface area (Å²) in [5.41, 5.74) is 6.51. The molecule has 1 saturated heterocycles. The third kappa shape index (κ3) is 15.1. The average molecular weight is 626 g/mol. The molecular formula is C31H47NO12. The minimum Gasteiger partial charge on any atom is -0.463 e. The Hall–Kier alpha value is -3.10. The number of carbonyl (C=O) groups excluding carboxylic acids is 4. The van der Waals surface area contributed by atoms with Gasteiger partial charge in [-0.15, -0.1) is 0 Å². The lowest BCUT2D eigenvalue weighted by molar-refractivity contribution is -0.291. The van der Waals surface area contributed by atoms with Gasteiger partial charge in [-0.3, -0.25) is 19.2 Å². The molecule has 0 aliphatic carbocycles. The van der Waals surface area contributed by atoms with Gasteiger partial charge in [0.05, 0.1) is 25.7 Å². The Morgan fingerprint density at radius 2 is 1.45 bits per heavy atom. The number of carbonyl (C=O) groups is 4. The Morgan fingerprint density at radius 1 is 0.841 bits per heavy atom. The lowest BCUT2D eigenvalue weighted by Gasteiger charge is -2.44. The number of benzene rings is 1. The largest absolute Gasteiger partial charge is 0.463 e. The number of amides is 1. The fourth-order valence-corrected chi connectivity index (χ4v) is 4.77. The highest BCUT2D eigenvalue weighted by Crippen LogP contribution is 2.34. The van der Waals surface area contributed by atoms with Gasteiger partial charge in [0, 0.05) is 40.4 Å². The van der Waals surface area contributed by atoms with E-state index >= 15 is 0 Å². The number of hydrogen-bond acceptors (Lipinski definition) is 12. The molecule has 13 heteroatoms. The average Bonchev–Trinajstić information content (AvgIpc) is 2.95. The molecule has 13 nitrogen and oxygen atoms in total. The van der Waals surface area contributed by atoms with Gasteiger partial charge in [-0.25, -0.2) is 0 Å². The van der Waals surface area contributed by atoms with E-state index in [9.17, 15) is 24.3 Å². The van der Waals surface area contributed by atoms with E-state index in [1.165, 1.54) is 20.8 Å². The number of hydrogen-bond donors (Lipinski definition) is 2. The summed E-state index contributed by atoms with van der Waals surface area (Å²) in [6, 6.07) is 9.74. The van der Waals surface area contributed by atoms with Crippen LogP contribution in [0.1, 0.15) is 64.9 Å². The Balaban J connectivity index is 1.74. The topological polar surface area (TPSA) is 179 Å². The van der Waals surface area contributed by atoms with Crippen molar-refractivity contribution in [2.24, 2.45) is 11.7 Å². The number of esters is 3. The van der Waals surface area contributed by atoms with Crippen LogP contribution in [-0.4, -0.2) is 92.7 Å². The molecule has 44 heavy (non-hydrogen) atoms. The monoisotopic (exact) mass is 625 g/mol. The van der Waals surface area contributed by atoms with Gasteiger partial charge in [0.2, 0.25) is 5.91 Å². The van der Waals surface area contributed by atoms with Gasteiger partial charge in [-0.05, 0) is 18.4 Å². The highest BCUT2D eigenvalue weighted by molar-refractivity contribution is 5.74. The van der Waals surface area contributed by atoms with Gasteiger partial charge in [0.25, 0.3) is 0 Å². The summed E-state index contributed by atoms with van der Waals surface area (Å²) in [4.78, 5) is 47.1. The molecule has 0 spiro atoms. The molecular weight excluding hydrogens is 578 g/mol. The third-order valence-corrected chi connectivity index (χ3v) is 6.71. The first-order valence-electron chi connectivity index (χ1n) is 15.0. The fraction of sp³-hybridized carbons (Fsp3) is 0.677. The van der Waals surface area contributed by atoms with Crippen molar-refractivity contribution in [2.75, 3.05) is 33.0 Å². The summed E-state index contributed by atoms with van der Waals surface area (Å²) in [5.74, 6) is -3.45. The Bertz CT molecular complexity index is 1010. The maximum absolute atomic E-state index is 11.9. The van der Waals surface area contributed by atoms with Crippen molar-refractivity contribution >= 4 is 23.8 Å². The lowest BCUT2D eigenvalue weighted by atomic mass is 9.87. The van der Waals surface area contributed by atoms with Crippen molar-refractivity contribution in [1.82, 2.24) is 0 Å². The van der Waals surface area contributed by atoms with Gasteiger partial charge in [0.15, 0.2) is 12.4 Å². The molecule has 3 N–H and O–H groups in total. The van der Waals surface area contributed by atoms with Crippen molar-refractivity contribution in [3.05, 3.63) is 35.9 Å². The summed E-state index contributed by atoms with van der Waals surface area (Å²) < 4.78 is 39.0. The first-order valence-corrected chi connectivity index (χ1v) is 15.0. The highest BCUT2D eigenvalue weighted by Gasteiger charge is 2.51. The molecule has 2 rings (SSSR count). The standard InChI is InChI=1S/C31H47NO12/c1-21(33)41-20-27-30(43-23(3)35)29(42-22(2)34)26(16-28(32)37)31(44-27)40-15-11-6-4-5-10-14-38-18-25(36)19-39-17-24-12-8-7-9-13-24/h7-9,12-13,25-27,29-31,36H,4-6,10-11,14-20H2,1-3H3,(H2,32,37)/t25-,26-,27-,29-,30+,31-/m1/s1. The minimum absolute atomic E-state index is 0.205. The molecule has 0 bridgehead atoms. The fourth-order valence-electron chi connectivity index (χ4n) is 4.77. The van der Waals surface area contributed by atoms with Crippen molar-refractivity contribution in [3.63, 3.8) is 0 Å². The first kappa shape index (κ1) is 37.1. The van der Waals surface area contributed by atoms with Crippen LogP contribution in [0, 0.1) is 5.92 Å². The predicted octanol–water partition coefficient (Wildman–Crippen LogP) is 2.19. The molecule has 248 valence electrons. The number of aliphatic hydroxyl groups excluding tert-OH is 1. The van der Waals surface area contributed by atoms with Gasteiger partial charge in [-0.2, -0.15) is 0 Å². The second-order valence-electron chi connectivity index (χ2n) is 10.7. The molecule has 6 atom stereocenters. The summed E-state index contributed by atoms with van der Waals surface area (Å²) in [6.07, 6.45) is -1.02. The molecule has 0 radical (unpaired) electrons. The van der Waals surface area contributed by atoms with Crippen LogP contribution in [0.3, 0.4) is 0 Å². The van der Waals surface area contributed by atoms with Crippen LogP contribution in [-0.2, 0) is 58.9 Å². The number of unbranched alkanes of at least 4 members (excludes halogenated alkanes) is 4. The smallest absolute Gasteiger partial charge is 0.303 e. The quantitative estimate of drug-likeness (QED) is 0.116. The van der Waals surface area contributed by atoms with Gasteiger partial charge in [0.1, 0.15) is 24.9 Å². The van der Waals surface area contributed by atoms with E-state index < -0.39 is 60.4 Å². The van der Waals surface area contributed by atoms with Crippen LogP contribution in [0.4, 0.5) is 0 Å². The van der Waals surface area contributed by atoms with Gasteiger partial charge < -0.3 is 44.0 Å². The zero-order chi connectivity index (χ0) is 32.3. The predicted molar refractivity (Wildman–Crippen MR) is 156 cm³/mol. The van der Waals surface area contributed by atoms with Gasteiger partial charge in [-0.1, -0.05) is 49.6 Å². The van der Waals surface area contributed by atoms with Crippen molar-refractivity contribution in [2.45, 2.75) is 96.6 Å². The van der Waals surface area contributed by atoms with E-state index in [4.69, 9.17) is 38.9 Å². The summed E-state index contributed by atoms with van der Waals surface area (Å²) in [6.45, 7) is 4.96. The SMILES string of the molecule is CC(=O)OC[C@H]1O[C@@H](OCCCCCCCOC[C@@H](O)COCc2ccccc2)[C@H](CC(N)=O)[C@@H](OC(C)=O)[C@H]1OC(C)=O. The van der Waals surface area contributed by atoms with E-state index in [-0.39, 0.29) is 32.8 Å². The molecule has 1 aromatic rings. The maximum Gasteiger partial charge on any atom is 0.303 e. The van der Waals surface area contributed by atoms with E-state index in [0.29, 0.717) is 19.6 Å². The van der Waals surface area contributed by atoms with Crippen LogP contribution in [0.2, 0.25) is 0 Å². The molecule has 0 unspecified atom stereocenters. The number of ether oxygens (including phenoxy) is 7. The van der Waals surface area contributed by atoms with Gasteiger partial charge >= 0.3 is 17.9 Å². The molecule has 0 aromatic heterocycles. The van der Waals surface area contributed by atoms with Crippen LogP contribution in [0.5, 0.6) is 0 Å². The second-order valence-corrected chi connectivity index (χ2v) is 10.7. The van der Waals surface area contributed by atoms with Crippen molar-refractivity contribution in [3.8, 4) is 0 Å². The first-order chi connectivity index (χ1) is 21.1. The molecule has 1 aliphatic rings. The Labute approximate surface area is 258 Å². The zero-order valence-corrected chi connectivity index (χ0v) is 25.9. The number of aliphatic hydroxyl groups is 1. The molecule has 1 aliphatic heterocycles. The van der Waals surface area contributed by atoms with Crippen LogP contribution in [0.15, 0.2) is 30.3 Å². The molecule has 0 saturated carbocycles. The Kier molecular flexibility index (Phi) is 17.5. The Morgan fingerprint density at radius 3 is 2.09 bits per heavy atom. The summed E-state index contributed by atoms with van der Waals surface area (Å²) >= 11 is 0. The lowest BCUT2D eigenvalue weighted by Crippen LogP contribution is -2.59. The van der Waals surface area contributed by atoms with E-state index in [1.54, 1.807) is 0 Å². The highest BCUT2D eigenvalue weighted by atomic mass is 16.7. The summed E-state index contributed by atoms with van der Waals surface area (Å²) in [5, 5.41) is 10.0. The maximum atomic E-state index is 11.9. The molecule has 1 heterocycles. The van der Waals surface area contributed by atoms with Crippen molar-refractivity contribution < 1.29 is 57.4 Å². The van der Waals surface area contributed by atoms with Crippen LogP contribution >= 0.6 is 0 Å². The minimum atomic E-state index is -1.15. The second kappa shape index (κ2) is 20.8. The summed E-state index contributed by atoms with van der Waals surface area (Å²) in [7, 11) is 0. The van der Waals surface area contributed by atoms with Crippen molar-refractivity contribution in [1.29, 1.82) is 0 Å². The van der Waals surface area contributed by atoms with Crippen LogP contribution < -0.4 is 5.73 Å². The normalized spacial score (nSPS) is 22.1. The molecule has 1 amide bonds. The number of nitrogens with two attached hydrogens (primary N) is 1. The number of primary amides is 1. The van der Waals surface area contributed by atoms with Crippen LogP contribution in [0.25, 0.3) is 0 Å². The van der Waals surface area contributed by atoms with E-state index in [0.717, 1.165) is 31.2 Å². The number of rotatable bonds is 21.